The van der Waals surface area contributed by atoms with Gasteiger partial charge in [0.25, 0.3) is 0 Å². The Morgan fingerprint density at radius 2 is 1.83 bits per heavy atom. The molecule has 0 spiro atoms. The highest BCUT2D eigenvalue weighted by Gasteiger charge is 2.28. The van der Waals surface area contributed by atoms with E-state index < -0.39 is 0 Å². The van der Waals surface area contributed by atoms with Crippen LogP contribution in [0, 0.1) is 11.7 Å². The van der Waals surface area contributed by atoms with Crippen molar-refractivity contribution in [2.75, 3.05) is 18.0 Å². The summed E-state index contributed by atoms with van der Waals surface area (Å²) in [6, 6.07) is 5.50. The number of fused-ring (bicyclic) bond motifs is 3. The van der Waals surface area contributed by atoms with Crippen LogP contribution in [-0.4, -0.2) is 35.0 Å². The van der Waals surface area contributed by atoms with Gasteiger partial charge in [-0.3, -0.25) is 4.79 Å². The minimum Gasteiger partial charge on any atom is -0.355 e. The van der Waals surface area contributed by atoms with E-state index in [1.807, 2.05) is 6.07 Å². The monoisotopic (exact) mass is 426 g/mol. The van der Waals surface area contributed by atoms with Crippen LogP contribution >= 0.6 is 11.3 Å². The fraction of sp³-hybridized carbons (Fsp3) is 0.522. The summed E-state index contributed by atoms with van der Waals surface area (Å²) in [6.07, 6.45) is 10.4. The van der Waals surface area contributed by atoms with Crippen molar-refractivity contribution in [1.29, 1.82) is 0 Å². The maximum absolute atomic E-state index is 14.4. The van der Waals surface area contributed by atoms with E-state index in [-0.39, 0.29) is 17.6 Å². The fourth-order valence-corrected chi connectivity index (χ4v) is 6.07. The molecule has 0 bridgehead atoms. The highest BCUT2D eigenvalue weighted by Crippen LogP contribution is 2.39. The molecule has 0 atom stereocenters. The third kappa shape index (κ3) is 3.75. The lowest BCUT2D eigenvalue weighted by Crippen LogP contribution is -2.44. The first-order valence-corrected chi connectivity index (χ1v) is 11.9. The van der Waals surface area contributed by atoms with E-state index in [4.69, 9.17) is 0 Å². The predicted octanol–water partition coefficient (Wildman–Crippen LogP) is 5.04. The molecule has 5 nitrogen and oxygen atoms in total. The average molecular weight is 427 g/mol. The Labute approximate surface area is 179 Å². The number of anilines is 1. The van der Waals surface area contributed by atoms with E-state index in [9.17, 15) is 9.18 Å². The number of carbonyl (C=O) groups is 1. The molecule has 7 heteroatoms. The Morgan fingerprint density at radius 1 is 1.07 bits per heavy atom. The Morgan fingerprint density at radius 3 is 2.60 bits per heavy atom. The SMILES string of the molecule is O=C(NC1CCCCCC1)C1CCN(c2ncnc3c2sc2cccc(F)c23)CC1. The molecule has 1 amide bonds. The Bertz CT molecular complexity index is 1050. The molecule has 0 unspecified atom stereocenters. The smallest absolute Gasteiger partial charge is 0.223 e. The number of nitrogens with one attached hydrogen (secondary N) is 1. The van der Waals surface area contributed by atoms with Crippen LogP contribution in [0.5, 0.6) is 0 Å². The summed E-state index contributed by atoms with van der Waals surface area (Å²) in [5.74, 6) is 0.917. The van der Waals surface area contributed by atoms with Gasteiger partial charge in [0.15, 0.2) is 0 Å². The zero-order valence-electron chi connectivity index (χ0n) is 17.1. The van der Waals surface area contributed by atoms with E-state index in [2.05, 4.69) is 20.2 Å². The van der Waals surface area contributed by atoms with Crippen molar-refractivity contribution in [2.24, 2.45) is 5.92 Å². The number of hydrogen-bond donors (Lipinski definition) is 1. The van der Waals surface area contributed by atoms with E-state index >= 15 is 0 Å². The highest BCUT2D eigenvalue weighted by molar-refractivity contribution is 7.26. The topological polar surface area (TPSA) is 58.1 Å². The van der Waals surface area contributed by atoms with Crippen LogP contribution in [0.4, 0.5) is 10.2 Å². The van der Waals surface area contributed by atoms with Gasteiger partial charge < -0.3 is 10.2 Å². The molecular weight excluding hydrogens is 399 g/mol. The second-order valence-electron chi connectivity index (χ2n) is 8.55. The van der Waals surface area contributed by atoms with Gasteiger partial charge in [0.05, 0.1) is 15.6 Å². The third-order valence-electron chi connectivity index (χ3n) is 6.58. The summed E-state index contributed by atoms with van der Waals surface area (Å²) in [4.78, 5) is 23.9. The number of nitrogens with zero attached hydrogens (tertiary/aromatic N) is 3. The molecule has 1 aliphatic heterocycles. The Hall–Kier alpha value is -2.28. The molecule has 1 aliphatic carbocycles. The second-order valence-corrected chi connectivity index (χ2v) is 9.60. The number of piperidine rings is 1. The van der Waals surface area contributed by atoms with Gasteiger partial charge in [-0.15, -0.1) is 11.3 Å². The molecule has 3 heterocycles. The van der Waals surface area contributed by atoms with Gasteiger partial charge in [0.2, 0.25) is 5.91 Å². The van der Waals surface area contributed by atoms with Gasteiger partial charge in [0.1, 0.15) is 18.0 Å². The summed E-state index contributed by atoms with van der Waals surface area (Å²) >= 11 is 1.54. The van der Waals surface area contributed by atoms with Crippen LogP contribution in [0.25, 0.3) is 20.3 Å². The molecule has 30 heavy (non-hydrogen) atoms. The molecule has 1 saturated heterocycles. The van der Waals surface area contributed by atoms with Gasteiger partial charge in [-0.05, 0) is 37.8 Å². The molecular formula is C23H27FN4OS. The van der Waals surface area contributed by atoms with Crippen LogP contribution in [0.1, 0.15) is 51.4 Å². The number of aromatic nitrogens is 2. The maximum atomic E-state index is 14.4. The molecule has 158 valence electrons. The predicted molar refractivity (Wildman–Crippen MR) is 119 cm³/mol. The van der Waals surface area contributed by atoms with Crippen molar-refractivity contribution in [3.8, 4) is 0 Å². The van der Waals surface area contributed by atoms with Crippen LogP contribution in [0.2, 0.25) is 0 Å². The van der Waals surface area contributed by atoms with Gasteiger partial charge in [-0.25, -0.2) is 14.4 Å². The second kappa shape index (κ2) is 8.46. The van der Waals surface area contributed by atoms with E-state index in [1.165, 1.54) is 38.1 Å². The third-order valence-corrected chi connectivity index (χ3v) is 7.72. The van der Waals surface area contributed by atoms with Gasteiger partial charge >= 0.3 is 0 Å². The van der Waals surface area contributed by atoms with E-state index in [1.54, 1.807) is 17.4 Å². The number of thiophene rings is 1. The van der Waals surface area contributed by atoms with Crippen molar-refractivity contribution >= 4 is 43.4 Å². The zero-order valence-corrected chi connectivity index (χ0v) is 17.9. The number of benzene rings is 1. The van der Waals surface area contributed by atoms with E-state index in [0.29, 0.717) is 16.9 Å². The van der Waals surface area contributed by atoms with Crippen molar-refractivity contribution in [2.45, 2.75) is 57.4 Å². The zero-order chi connectivity index (χ0) is 20.5. The maximum Gasteiger partial charge on any atom is 0.223 e. The molecule has 2 fully saturated rings. The normalized spacial score (nSPS) is 19.3. The van der Waals surface area contributed by atoms with Crippen LogP contribution in [0.15, 0.2) is 24.5 Å². The van der Waals surface area contributed by atoms with Crippen molar-refractivity contribution in [3.63, 3.8) is 0 Å². The quantitative estimate of drug-likeness (QED) is 0.596. The van der Waals surface area contributed by atoms with Gasteiger partial charge in [-0.2, -0.15) is 0 Å². The fourth-order valence-electron chi connectivity index (χ4n) is 4.89. The first kappa shape index (κ1) is 19.7. The van der Waals surface area contributed by atoms with Crippen LogP contribution in [0.3, 0.4) is 0 Å². The minimum atomic E-state index is -0.239. The minimum absolute atomic E-state index is 0.0710. The summed E-state index contributed by atoms with van der Waals surface area (Å²) in [6.45, 7) is 1.57. The number of rotatable bonds is 3. The largest absolute Gasteiger partial charge is 0.355 e. The van der Waals surface area contributed by atoms with Crippen molar-refractivity contribution in [1.82, 2.24) is 15.3 Å². The highest BCUT2D eigenvalue weighted by atomic mass is 32.1. The molecule has 2 aliphatic rings. The Balaban J connectivity index is 1.30. The lowest BCUT2D eigenvalue weighted by molar-refractivity contribution is -0.126. The van der Waals surface area contributed by atoms with Gasteiger partial charge in [-0.1, -0.05) is 31.7 Å². The number of carbonyl (C=O) groups excluding carboxylic acids is 1. The number of amides is 1. The lowest BCUT2D eigenvalue weighted by atomic mass is 9.95. The summed E-state index contributed by atoms with van der Waals surface area (Å²) in [5.41, 5.74) is 0.686. The standard InChI is InChI=1S/C23H27FN4OS/c24-17-8-5-9-18-19(17)20-21(30-18)22(26-14-25-20)28-12-10-15(11-13-28)23(29)27-16-6-3-1-2-4-7-16/h5,8-9,14-16H,1-4,6-7,10-13H2,(H,27,29). The Kier molecular flexibility index (Phi) is 5.54. The molecule has 1 N–H and O–H groups in total. The lowest BCUT2D eigenvalue weighted by Gasteiger charge is -2.33. The van der Waals surface area contributed by atoms with Crippen molar-refractivity contribution < 1.29 is 9.18 Å². The van der Waals surface area contributed by atoms with E-state index in [0.717, 1.165) is 54.0 Å². The molecule has 1 saturated carbocycles. The van der Waals surface area contributed by atoms with Crippen LogP contribution in [-0.2, 0) is 4.79 Å². The average Bonchev–Trinajstić information content (AvgIpc) is 2.97. The summed E-state index contributed by atoms with van der Waals surface area (Å²) in [5, 5.41) is 3.90. The molecule has 1 aromatic carbocycles. The molecule has 3 aromatic rings. The molecule has 5 rings (SSSR count). The van der Waals surface area contributed by atoms with Crippen LogP contribution < -0.4 is 10.2 Å². The van der Waals surface area contributed by atoms with Gasteiger partial charge in [0, 0.05) is 29.7 Å². The first-order chi connectivity index (χ1) is 14.7. The molecule has 0 radical (unpaired) electrons. The number of halogens is 1. The first-order valence-electron chi connectivity index (χ1n) is 11.1. The van der Waals surface area contributed by atoms with Crippen molar-refractivity contribution in [3.05, 3.63) is 30.3 Å². The summed E-state index contributed by atoms with van der Waals surface area (Å²) in [7, 11) is 0. The summed E-state index contributed by atoms with van der Waals surface area (Å²) < 4.78 is 16.2. The number of hydrogen-bond acceptors (Lipinski definition) is 5. The molecule has 2 aromatic heterocycles.